The molecule has 1 aliphatic rings. The summed E-state index contributed by atoms with van der Waals surface area (Å²) in [5.74, 6) is -0.619. The van der Waals surface area contributed by atoms with Crippen molar-refractivity contribution in [2.75, 3.05) is 32.1 Å². The van der Waals surface area contributed by atoms with Crippen LogP contribution in [0.4, 0.5) is 23.4 Å². The minimum Gasteiger partial charge on any atom is -0.481 e. The molecular formula is C25H27F4N5O3. The first-order chi connectivity index (χ1) is 17.5. The van der Waals surface area contributed by atoms with Gasteiger partial charge in [-0.1, -0.05) is 12.1 Å². The lowest BCUT2D eigenvalue weighted by atomic mass is 9.89. The van der Waals surface area contributed by atoms with Gasteiger partial charge < -0.3 is 20.1 Å². The predicted octanol–water partition coefficient (Wildman–Crippen LogP) is 4.37. The van der Waals surface area contributed by atoms with Crippen molar-refractivity contribution in [2.24, 2.45) is 0 Å². The number of hydrogen-bond acceptors (Lipinski definition) is 7. The van der Waals surface area contributed by atoms with Gasteiger partial charge in [0.25, 0.3) is 0 Å². The van der Waals surface area contributed by atoms with Gasteiger partial charge in [-0.25, -0.2) is 14.4 Å². The Hall–Kier alpha value is -3.54. The monoisotopic (exact) mass is 521 g/mol. The summed E-state index contributed by atoms with van der Waals surface area (Å²) in [6.07, 6.45) is -3.57. The van der Waals surface area contributed by atoms with E-state index in [0.29, 0.717) is 60.6 Å². The molecular weight excluding hydrogens is 494 g/mol. The van der Waals surface area contributed by atoms with Crippen molar-refractivity contribution < 1.29 is 32.2 Å². The summed E-state index contributed by atoms with van der Waals surface area (Å²) in [7, 11) is 1.49. The highest BCUT2D eigenvalue weighted by molar-refractivity contribution is 5.88. The van der Waals surface area contributed by atoms with E-state index in [9.17, 15) is 22.4 Å². The summed E-state index contributed by atoms with van der Waals surface area (Å²) in [6, 6.07) is 4.15. The van der Waals surface area contributed by atoms with E-state index in [2.05, 4.69) is 20.3 Å². The number of halogens is 4. The lowest BCUT2D eigenvalue weighted by molar-refractivity contribution is -0.140. The molecule has 0 aliphatic carbocycles. The summed E-state index contributed by atoms with van der Waals surface area (Å²) in [5.41, 5.74) is -0.386. The second kappa shape index (κ2) is 10.4. The van der Waals surface area contributed by atoms with Crippen molar-refractivity contribution in [1.29, 1.82) is 0 Å². The van der Waals surface area contributed by atoms with E-state index >= 15 is 0 Å². The number of hydrogen-bond donors (Lipinski definition) is 2. The number of carbonyl (C=O) groups excluding carboxylic acids is 1. The smallest absolute Gasteiger partial charge is 0.419 e. The number of pyridine rings is 1. The van der Waals surface area contributed by atoms with E-state index in [1.165, 1.54) is 19.2 Å². The molecule has 3 aromatic rings. The number of nitrogens with one attached hydrogen (secondary N) is 1. The minimum absolute atomic E-state index is 0.00193. The summed E-state index contributed by atoms with van der Waals surface area (Å²) >= 11 is 0. The average Bonchev–Trinajstić information content (AvgIpc) is 2.86. The van der Waals surface area contributed by atoms with Gasteiger partial charge in [0.2, 0.25) is 11.8 Å². The molecule has 1 amide bonds. The van der Waals surface area contributed by atoms with Crippen LogP contribution in [0.25, 0.3) is 11.0 Å². The van der Waals surface area contributed by atoms with E-state index in [-0.39, 0.29) is 17.4 Å². The highest BCUT2D eigenvalue weighted by Crippen LogP contribution is 2.38. The van der Waals surface area contributed by atoms with Crippen LogP contribution in [-0.2, 0) is 11.0 Å². The molecule has 8 nitrogen and oxygen atoms in total. The number of fused-ring (bicyclic) bond motifs is 1. The zero-order valence-corrected chi connectivity index (χ0v) is 20.6. The number of anilines is 1. The van der Waals surface area contributed by atoms with Gasteiger partial charge in [-0.05, 0) is 44.7 Å². The zero-order chi connectivity index (χ0) is 26.9. The Bertz CT molecular complexity index is 1310. The Balaban J connectivity index is 1.70. The van der Waals surface area contributed by atoms with Crippen molar-refractivity contribution >= 4 is 22.8 Å². The highest BCUT2D eigenvalue weighted by atomic mass is 19.4. The van der Waals surface area contributed by atoms with Crippen molar-refractivity contribution in [1.82, 2.24) is 19.9 Å². The van der Waals surface area contributed by atoms with Crippen molar-refractivity contribution in [3.05, 3.63) is 52.6 Å². The number of benzene rings is 1. The van der Waals surface area contributed by atoms with Crippen LogP contribution in [-0.4, -0.2) is 57.7 Å². The van der Waals surface area contributed by atoms with Crippen LogP contribution in [0, 0.1) is 12.7 Å². The summed E-state index contributed by atoms with van der Waals surface area (Å²) < 4.78 is 60.0. The maximum atomic E-state index is 14.8. The van der Waals surface area contributed by atoms with Crippen LogP contribution in [0.1, 0.15) is 54.2 Å². The Morgan fingerprint density at radius 1 is 1.24 bits per heavy atom. The number of rotatable bonds is 6. The highest BCUT2D eigenvalue weighted by Gasteiger charge is 2.35. The van der Waals surface area contributed by atoms with Crippen molar-refractivity contribution in [3.63, 3.8) is 0 Å². The van der Waals surface area contributed by atoms with Gasteiger partial charge in [0, 0.05) is 24.2 Å². The maximum Gasteiger partial charge on any atom is 0.419 e. The molecule has 4 rings (SSSR count). The number of alkyl halides is 3. The second-order valence-electron chi connectivity index (χ2n) is 8.96. The van der Waals surface area contributed by atoms with Gasteiger partial charge in [-0.3, -0.25) is 4.79 Å². The molecule has 37 heavy (non-hydrogen) atoms. The topological polar surface area (TPSA) is 100 Å². The number of aliphatic hydroxyl groups is 1. The lowest BCUT2D eigenvalue weighted by Gasteiger charge is -2.32. The molecule has 0 spiro atoms. The van der Waals surface area contributed by atoms with Crippen LogP contribution in [0.3, 0.4) is 0 Å². The largest absolute Gasteiger partial charge is 0.481 e. The van der Waals surface area contributed by atoms with Gasteiger partial charge >= 0.3 is 6.18 Å². The Morgan fingerprint density at radius 2 is 1.95 bits per heavy atom. The molecule has 0 saturated carbocycles. The number of nitrogens with zero attached hydrogens (tertiary/aromatic N) is 4. The third-order valence-electron chi connectivity index (χ3n) is 6.56. The fraction of sp³-hybridized carbons (Fsp3) is 0.440. The number of piperidine rings is 1. The number of methoxy groups -OCH3 is 1. The molecule has 0 bridgehead atoms. The van der Waals surface area contributed by atoms with Crippen molar-refractivity contribution in [3.8, 4) is 5.88 Å². The van der Waals surface area contributed by atoms with Gasteiger partial charge in [-0.15, -0.1) is 0 Å². The third kappa shape index (κ3) is 5.43. The fourth-order valence-electron chi connectivity index (χ4n) is 4.65. The molecule has 1 saturated heterocycles. The molecule has 2 N–H and O–H groups in total. The predicted molar refractivity (Wildman–Crippen MR) is 128 cm³/mol. The van der Waals surface area contributed by atoms with E-state index < -0.39 is 30.2 Å². The fourth-order valence-corrected chi connectivity index (χ4v) is 4.65. The first-order valence-corrected chi connectivity index (χ1v) is 11.8. The Kier molecular flexibility index (Phi) is 7.49. The van der Waals surface area contributed by atoms with Crippen LogP contribution in [0.2, 0.25) is 0 Å². The van der Waals surface area contributed by atoms with E-state index in [1.54, 1.807) is 18.7 Å². The normalized spacial score (nSPS) is 15.6. The van der Waals surface area contributed by atoms with Crippen LogP contribution in [0.15, 0.2) is 24.3 Å². The molecule has 3 heterocycles. The summed E-state index contributed by atoms with van der Waals surface area (Å²) in [6.45, 7) is 3.59. The van der Waals surface area contributed by atoms with Crippen molar-refractivity contribution in [2.45, 2.75) is 44.8 Å². The molecule has 1 atom stereocenters. The van der Waals surface area contributed by atoms with Gasteiger partial charge in [0.05, 0.1) is 24.1 Å². The average molecular weight is 522 g/mol. The molecule has 2 aromatic heterocycles. The Morgan fingerprint density at radius 3 is 2.57 bits per heavy atom. The van der Waals surface area contributed by atoms with E-state index in [1.807, 2.05) is 6.07 Å². The molecule has 12 heteroatoms. The van der Waals surface area contributed by atoms with Gasteiger partial charge in [-0.2, -0.15) is 18.2 Å². The number of aromatic nitrogens is 3. The molecule has 1 aliphatic heterocycles. The molecule has 1 aromatic carbocycles. The van der Waals surface area contributed by atoms with E-state index in [4.69, 9.17) is 9.84 Å². The SMILES string of the molecule is COc1nc2nc(C)nc(N[C@H](C)c3cccc(C(F)(F)F)c3F)c2cc1C1CCN(C(=O)CO)CC1. The molecule has 0 radical (unpaired) electrons. The number of aliphatic hydroxyl groups excluding tert-OH is 1. The van der Waals surface area contributed by atoms with Gasteiger partial charge in [0.1, 0.15) is 24.1 Å². The first-order valence-electron chi connectivity index (χ1n) is 11.8. The number of aryl methyl sites for hydroxylation is 1. The van der Waals surface area contributed by atoms with Gasteiger partial charge in [0.15, 0.2) is 5.65 Å². The summed E-state index contributed by atoms with van der Waals surface area (Å²) in [5, 5.41) is 12.7. The maximum absolute atomic E-state index is 14.8. The third-order valence-corrected chi connectivity index (χ3v) is 6.56. The molecule has 198 valence electrons. The lowest BCUT2D eigenvalue weighted by Crippen LogP contribution is -2.39. The van der Waals surface area contributed by atoms with E-state index in [0.717, 1.165) is 5.56 Å². The molecule has 0 unspecified atom stereocenters. The first kappa shape index (κ1) is 26.5. The van der Waals surface area contributed by atoms with Crippen LogP contribution >= 0.6 is 0 Å². The number of carbonyl (C=O) groups is 1. The zero-order valence-electron chi connectivity index (χ0n) is 20.6. The standard InChI is InChI=1S/C25H27F4N5O3/c1-13(16-5-4-6-19(21(16)26)25(27,28)29)30-22-18-11-17(15-7-9-34(10-8-15)20(36)12-35)24(37-3)33-23(18)32-14(2)31-22/h4-6,11,13,15,35H,7-10,12H2,1-3H3,(H,30,31,32,33)/t13-/m1/s1. The number of amides is 1. The quantitative estimate of drug-likeness (QED) is 0.465. The van der Waals surface area contributed by atoms with Crippen LogP contribution in [0.5, 0.6) is 5.88 Å². The number of likely N-dealkylation sites (tertiary alicyclic amines) is 1. The number of ether oxygens (including phenoxy) is 1. The second-order valence-corrected chi connectivity index (χ2v) is 8.96. The van der Waals surface area contributed by atoms with Crippen LogP contribution < -0.4 is 10.1 Å². The molecule has 1 fully saturated rings. The minimum atomic E-state index is -4.81. The summed E-state index contributed by atoms with van der Waals surface area (Å²) in [4.78, 5) is 26.8. The Labute approximate surface area is 210 Å².